The first-order valence-electron chi connectivity index (χ1n) is 5.38. The van der Waals surface area contributed by atoms with Crippen LogP contribution < -0.4 is 10.6 Å². The highest BCUT2D eigenvalue weighted by molar-refractivity contribution is 6.32. The molecule has 0 aromatic rings. The molecule has 0 aliphatic rings. The van der Waals surface area contributed by atoms with E-state index in [9.17, 15) is 19.2 Å². The molecule has 0 bridgehead atoms. The average molecular weight is 260 g/mol. The number of ether oxygens (including phenoxy) is 2. The van der Waals surface area contributed by atoms with Crippen LogP contribution in [0.1, 0.15) is 13.8 Å². The first-order valence-corrected chi connectivity index (χ1v) is 5.38. The van der Waals surface area contributed by atoms with Crippen LogP contribution in [0.4, 0.5) is 0 Å². The van der Waals surface area contributed by atoms with Crippen LogP contribution in [0, 0.1) is 0 Å². The number of amides is 2. The molecule has 8 nitrogen and oxygen atoms in total. The quantitative estimate of drug-likeness (QED) is 0.437. The minimum absolute atomic E-state index is 0.0707. The third kappa shape index (κ3) is 7.20. The minimum Gasteiger partial charge on any atom is -0.465 e. The molecule has 102 valence electrons. The van der Waals surface area contributed by atoms with Gasteiger partial charge in [-0.3, -0.25) is 14.4 Å². The molecule has 0 fully saturated rings. The molecule has 2 amide bonds. The lowest BCUT2D eigenvalue weighted by Crippen LogP contribution is -2.42. The van der Waals surface area contributed by atoms with E-state index >= 15 is 0 Å². The number of carbonyl (C=O) groups is 4. The second-order valence-corrected chi connectivity index (χ2v) is 2.98. The molecular formula is C10H16N2O6. The predicted molar refractivity (Wildman–Crippen MR) is 59.3 cm³/mol. The van der Waals surface area contributed by atoms with Crippen molar-refractivity contribution in [1.29, 1.82) is 0 Å². The first-order chi connectivity index (χ1) is 8.51. The Kier molecular flexibility index (Phi) is 7.91. The highest BCUT2D eigenvalue weighted by atomic mass is 16.5. The average Bonchev–Trinajstić information content (AvgIpc) is 2.34. The van der Waals surface area contributed by atoms with Gasteiger partial charge in [-0.1, -0.05) is 0 Å². The minimum atomic E-state index is -1.06. The van der Waals surface area contributed by atoms with E-state index in [1.54, 1.807) is 13.8 Å². The Balaban J connectivity index is 3.80. The zero-order valence-electron chi connectivity index (χ0n) is 10.3. The van der Waals surface area contributed by atoms with Gasteiger partial charge in [0.15, 0.2) is 0 Å². The van der Waals surface area contributed by atoms with Crippen molar-refractivity contribution < 1.29 is 28.7 Å². The van der Waals surface area contributed by atoms with Gasteiger partial charge in [-0.2, -0.15) is 0 Å². The summed E-state index contributed by atoms with van der Waals surface area (Å²) in [6.07, 6.45) is 0. The maximum absolute atomic E-state index is 11.2. The Hall–Kier alpha value is -2.12. The molecule has 0 rings (SSSR count). The Bertz CT molecular complexity index is 328. The molecule has 0 aromatic heterocycles. The van der Waals surface area contributed by atoms with Gasteiger partial charge in [0.05, 0.1) is 19.8 Å². The molecule has 0 spiro atoms. The molecule has 0 heterocycles. The van der Waals surface area contributed by atoms with E-state index in [1.807, 2.05) is 5.32 Å². The summed E-state index contributed by atoms with van der Waals surface area (Å²) < 4.78 is 8.98. The maximum atomic E-state index is 11.2. The van der Waals surface area contributed by atoms with Gasteiger partial charge in [0.2, 0.25) is 5.91 Å². The Labute approximate surface area is 104 Å². The molecule has 18 heavy (non-hydrogen) atoms. The molecule has 0 atom stereocenters. The van der Waals surface area contributed by atoms with E-state index < -0.39 is 30.3 Å². The lowest BCUT2D eigenvalue weighted by atomic mass is 10.5. The number of carbonyl (C=O) groups excluding carboxylic acids is 4. The van der Waals surface area contributed by atoms with Gasteiger partial charge in [0.25, 0.3) is 0 Å². The molecule has 0 aromatic carbocycles. The molecule has 0 radical (unpaired) electrons. The summed E-state index contributed by atoms with van der Waals surface area (Å²) in [6.45, 7) is 2.77. The topological polar surface area (TPSA) is 111 Å². The van der Waals surface area contributed by atoms with E-state index in [1.165, 1.54) is 0 Å². The Morgan fingerprint density at radius 3 is 2.06 bits per heavy atom. The van der Waals surface area contributed by atoms with Crippen LogP contribution in [0.25, 0.3) is 0 Å². The largest absolute Gasteiger partial charge is 0.465 e. The van der Waals surface area contributed by atoms with Crippen LogP contribution >= 0.6 is 0 Å². The monoisotopic (exact) mass is 260 g/mol. The number of nitrogens with one attached hydrogen (secondary N) is 2. The smallest absolute Gasteiger partial charge is 0.396 e. The fourth-order valence-electron chi connectivity index (χ4n) is 0.875. The highest BCUT2D eigenvalue weighted by Gasteiger charge is 2.15. The SMILES string of the molecule is CCOC(=O)CNC(=O)CNC(=O)C(=O)OCC. The fraction of sp³-hybridized carbons (Fsp3) is 0.600. The summed E-state index contributed by atoms with van der Waals surface area (Å²) in [5.74, 6) is -3.26. The third-order valence-corrected chi connectivity index (χ3v) is 1.61. The van der Waals surface area contributed by atoms with Crippen molar-refractivity contribution in [3.8, 4) is 0 Å². The van der Waals surface area contributed by atoms with E-state index in [2.05, 4.69) is 14.8 Å². The fourth-order valence-corrected chi connectivity index (χ4v) is 0.875. The van der Waals surface area contributed by atoms with Gasteiger partial charge in [-0.25, -0.2) is 4.79 Å². The number of hydrogen-bond acceptors (Lipinski definition) is 6. The van der Waals surface area contributed by atoms with Gasteiger partial charge in [0.1, 0.15) is 6.54 Å². The normalized spacial score (nSPS) is 9.22. The summed E-state index contributed by atoms with van der Waals surface area (Å²) in [6, 6.07) is 0. The van der Waals surface area contributed by atoms with Crippen molar-refractivity contribution in [3.63, 3.8) is 0 Å². The molecule has 2 N–H and O–H groups in total. The molecule has 0 unspecified atom stereocenters. The zero-order chi connectivity index (χ0) is 14.0. The van der Waals surface area contributed by atoms with Gasteiger partial charge in [-0.05, 0) is 13.8 Å². The molecule has 0 aliphatic carbocycles. The zero-order valence-corrected chi connectivity index (χ0v) is 10.3. The lowest BCUT2D eigenvalue weighted by Gasteiger charge is -2.06. The first kappa shape index (κ1) is 15.9. The van der Waals surface area contributed by atoms with E-state index in [4.69, 9.17) is 0 Å². The van der Waals surface area contributed by atoms with Crippen molar-refractivity contribution >= 4 is 23.8 Å². The third-order valence-electron chi connectivity index (χ3n) is 1.61. The Morgan fingerprint density at radius 1 is 0.889 bits per heavy atom. The van der Waals surface area contributed by atoms with Gasteiger partial charge < -0.3 is 20.1 Å². The second-order valence-electron chi connectivity index (χ2n) is 2.98. The van der Waals surface area contributed by atoms with Gasteiger partial charge in [-0.15, -0.1) is 0 Å². The summed E-state index contributed by atoms with van der Waals surface area (Å²) in [7, 11) is 0. The molecular weight excluding hydrogens is 244 g/mol. The molecule has 8 heteroatoms. The van der Waals surface area contributed by atoms with Crippen molar-refractivity contribution in [1.82, 2.24) is 10.6 Å². The van der Waals surface area contributed by atoms with Crippen LogP contribution in [0.15, 0.2) is 0 Å². The number of hydrogen-bond donors (Lipinski definition) is 2. The van der Waals surface area contributed by atoms with Crippen LogP contribution in [-0.2, 0) is 28.7 Å². The van der Waals surface area contributed by atoms with E-state index in [0.29, 0.717) is 0 Å². The molecule has 0 aliphatic heterocycles. The van der Waals surface area contributed by atoms with Crippen molar-refractivity contribution in [2.24, 2.45) is 0 Å². The summed E-state index contributed by atoms with van der Waals surface area (Å²) in [5, 5.41) is 4.26. The van der Waals surface area contributed by atoms with Gasteiger partial charge in [0, 0.05) is 0 Å². The standard InChI is InChI=1S/C10H16N2O6/c1-3-17-8(14)6-11-7(13)5-12-9(15)10(16)18-4-2/h3-6H2,1-2H3,(H,11,13)(H,12,15). The number of esters is 2. The van der Waals surface area contributed by atoms with Crippen molar-refractivity contribution in [2.75, 3.05) is 26.3 Å². The summed E-state index contributed by atoms with van der Waals surface area (Å²) in [5.41, 5.74) is 0. The van der Waals surface area contributed by atoms with E-state index in [0.717, 1.165) is 0 Å². The lowest BCUT2D eigenvalue weighted by molar-refractivity contribution is -0.154. The van der Waals surface area contributed by atoms with Crippen LogP contribution in [0.3, 0.4) is 0 Å². The highest BCUT2D eigenvalue weighted by Crippen LogP contribution is 1.79. The summed E-state index contributed by atoms with van der Waals surface area (Å²) >= 11 is 0. The van der Waals surface area contributed by atoms with Gasteiger partial charge >= 0.3 is 17.8 Å². The number of rotatable bonds is 6. The second kappa shape index (κ2) is 8.97. The van der Waals surface area contributed by atoms with Crippen LogP contribution in [-0.4, -0.2) is 50.1 Å². The van der Waals surface area contributed by atoms with E-state index in [-0.39, 0.29) is 19.8 Å². The molecule has 0 saturated carbocycles. The van der Waals surface area contributed by atoms with Crippen molar-refractivity contribution in [2.45, 2.75) is 13.8 Å². The molecule has 0 saturated heterocycles. The van der Waals surface area contributed by atoms with Crippen LogP contribution in [0.2, 0.25) is 0 Å². The maximum Gasteiger partial charge on any atom is 0.396 e. The Morgan fingerprint density at radius 2 is 1.50 bits per heavy atom. The predicted octanol–water partition coefficient (Wildman–Crippen LogP) is -1.65. The summed E-state index contributed by atoms with van der Waals surface area (Å²) in [4.78, 5) is 43.9. The van der Waals surface area contributed by atoms with Crippen molar-refractivity contribution in [3.05, 3.63) is 0 Å². The van der Waals surface area contributed by atoms with Crippen LogP contribution in [0.5, 0.6) is 0 Å².